The molecule has 1 heterocycles. The van der Waals surface area contributed by atoms with Gasteiger partial charge in [-0.15, -0.1) is 0 Å². The second kappa shape index (κ2) is 4.03. The highest BCUT2D eigenvalue weighted by atomic mass is 79.9. The third-order valence-corrected chi connectivity index (χ3v) is 3.28. The molecular weight excluding hydrogens is 246 g/mol. The van der Waals surface area contributed by atoms with Crippen molar-refractivity contribution in [2.75, 3.05) is 0 Å². The first kappa shape index (κ1) is 8.91. The summed E-state index contributed by atoms with van der Waals surface area (Å²) in [6, 6.07) is 10.3. The highest BCUT2D eigenvalue weighted by Crippen LogP contribution is 2.19. The second-order valence-electron chi connectivity index (χ2n) is 2.71. The number of rotatable bonds is 2. The van der Waals surface area contributed by atoms with Crippen molar-refractivity contribution in [3.63, 3.8) is 0 Å². The fraction of sp³-hybridized carbons (Fsp3) is 0.100. The molecule has 0 atom stereocenters. The zero-order valence-electron chi connectivity index (χ0n) is 6.83. The van der Waals surface area contributed by atoms with Crippen molar-refractivity contribution >= 4 is 27.5 Å². The summed E-state index contributed by atoms with van der Waals surface area (Å²) < 4.78 is 5.24. The van der Waals surface area contributed by atoms with Gasteiger partial charge in [0, 0.05) is 6.42 Å². The number of hydrogen-bond donors (Lipinski definition) is 0. The van der Waals surface area contributed by atoms with Crippen LogP contribution in [0.4, 0.5) is 0 Å². The Morgan fingerprint density at radius 1 is 1.31 bits per heavy atom. The van der Waals surface area contributed by atoms with Gasteiger partial charge in [0.25, 0.3) is 0 Å². The van der Waals surface area contributed by atoms with Gasteiger partial charge in [-0.1, -0.05) is 30.3 Å². The van der Waals surface area contributed by atoms with Crippen LogP contribution in [0.25, 0.3) is 0 Å². The Hall–Kier alpha value is -0.670. The van der Waals surface area contributed by atoms with E-state index in [4.69, 9.17) is 0 Å². The zero-order valence-corrected chi connectivity index (χ0v) is 9.23. The number of aromatic nitrogens is 1. The fourth-order valence-electron chi connectivity index (χ4n) is 1.12. The van der Waals surface area contributed by atoms with E-state index in [-0.39, 0.29) is 0 Å². The lowest BCUT2D eigenvalue weighted by Gasteiger charge is -1.97. The summed E-state index contributed by atoms with van der Waals surface area (Å²) in [5.74, 6) is 0. The van der Waals surface area contributed by atoms with Crippen molar-refractivity contribution in [3.05, 3.63) is 51.4 Å². The predicted molar refractivity (Wildman–Crippen MR) is 57.9 cm³/mol. The summed E-state index contributed by atoms with van der Waals surface area (Å²) in [6.07, 6.45) is 0.876. The molecule has 65 valence electrons. The van der Waals surface area contributed by atoms with Crippen molar-refractivity contribution < 1.29 is 0 Å². The molecule has 1 aromatic heterocycles. The second-order valence-corrected chi connectivity index (χ2v) is 4.07. The molecule has 13 heavy (non-hydrogen) atoms. The summed E-state index contributed by atoms with van der Waals surface area (Å²) in [7, 11) is 0. The Balaban J connectivity index is 2.20. The molecule has 0 unspecified atom stereocenters. The molecule has 1 nitrogen and oxygen atoms in total. The van der Waals surface area contributed by atoms with E-state index < -0.39 is 0 Å². The average molecular weight is 253 g/mol. The van der Waals surface area contributed by atoms with Gasteiger partial charge in [0.2, 0.25) is 0 Å². The molecule has 3 heteroatoms. The van der Waals surface area contributed by atoms with Crippen molar-refractivity contribution in [1.29, 1.82) is 0 Å². The van der Waals surface area contributed by atoms with Crippen LogP contribution < -0.4 is 0 Å². The Morgan fingerprint density at radius 2 is 2.08 bits per heavy atom. The number of nitrogens with zero attached hydrogens (tertiary/aromatic N) is 1. The van der Waals surface area contributed by atoms with E-state index in [1.54, 1.807) is 0 Å². The quantitative estimate of drug-likeness (QED) is 0.800. The van der Waals surface area contributed by atoms with Crippen molar-refractivity contribution in [1.82, 2.24) is 4.37 Å². The maximum Gasteiger partial charge on any atom is 0.0822 e. The molecule has 0 N–H and O–H groups in total. The lowest BCUT2D eigenvalue weighted by molar-refractivity contribution is 1.12. The molecule has 0 saturated carbocycles. The van der Waals surface area contributed by atoms with Crippen LogP contribution in [-0.2, 0) is 6.42 Å². The fourth-order valence-corrected chi connectivity index (χ4v) is 2.19. The van der Waals surface area contributed by atoms with E-state index in [2.05, 4.69) is 37.8 Å². The molecular formula is C10H7BrNS. The van der Waals surface area contributed by atoms with Crippen LogP contribution in [0.2, 0.25) is 0 Å². The van der Waals surface area contributed by atoms with E-state index in [1.165, 1.54) is 17.1 Å². The molecule has 0 amide bonds. The van der Waals surface area contributed by atoms with E-state index in [9.17, 15) is 0 Å². The van der Waals surface area contributed by atoms with E-state index >= 15 is 0 Å². The minimum Gasteiger partial charge on any atom is -0.195 e. The minimum atomic E-state index is 0.876. The highest BCUT2D eigenvalue weighted by molar-refractivity contribution is 9.10. The van der Waals surface area contributed by atoms with Gasteiger partial charge in [-0.05, 0) is 33.0 Å². The molecule has 0 spiro atoms. The number of hydrogen-bond acceptors (Lipinski definition) is 2. The Morgan fingerprint density at radius 3 is 2.69 bits per heavy atom. The first-order valence-corrected chi connectivity index (χ1v) is 5.48. The lowest BCUT2D eigenvalue weighted by atomic mass is 10.1. The molecule has 2 rings (SSSR count). The van der Waals surface area contributed by atoms with E-state index in [1.807, 2.05) is 18.2 Å². The van der Waals surface area contributed by atoms with Crippen LogP contribution in [-0.4, -0.2) is 4.37 Å². The van der Waals surface area contributed by atoms with Gasteiger partial charge in [-0.3, -0.25) is 0 Å². The maximum atomic E-state index is 4.25. The monoisotopic (exact) mass is 252 g/mol. The highest BCUT2D eigenvalue weighted by Gasteiger charge is 2.03. The van der Waals surface area contributed by atoms with Gasteiger partial charge in [0.05, 0.1) is 15.5 Å². The van der Waals surface area contributed by atoms with Gasteiger partial charge in [-0.2, -0.15) is 4.37 Å². The van der Waals surface area contributed by atoms with Crippen LogP contribution >= 0.6 is 27.5 Å². The Kier molecular flexibility index (Phi) is 2.76. The summed E-state index contributed by atoms with van der Waals surface area (Å²) in [4.78, 5) is 0. The molecule has 0 saturated heterocycles. The van der Waals surface area contributed by atoms with Gasteiger partial charge in [0.1, 0.15) is 0 Å². The first-order valence-electron chi connectivity index (χ1n) is 3.92. The molecule has 1 aromatic carbocycles. The van der Waals surface area contributed by atoms with Crippen LogP contribution in [0.3, 0.4) is 0 Å². The molecule has 0 aliphatic heterocycles. The molecule has 2 aromatic rings. The summed E-state index contributed by atoms with van der Waals surface area (Å²) in [6.45, 7) is 0. The molecule has 0 aliphatic carbocycles. The van der Waals surface area contributed by atoms with Gasteiger partial charge in [-0.25, -0.2) is 0 Å². The Bertz CT molecular complexity index is 383. The van der Waals surface area contributed by atoms with Crippen molar-refractivity contribution in [2.45, 2.75) is 6.42 Å². The third kappa shape index (κ3) is 2.17. The average Bonchev–Trinajstić information content (AvgIpc) is 2.54. The maximum absolute atomic E-state index is 4.25. The topological polar surface area (TPSA) is 12.9 Å². The smallest absolute Gasteiger partial charge is 0.0822 e. The van der Waals surface area contributed by atoms with Crippen LogP contribution in [0, 0.1) is 5.38 Å². The van der Waals surface area contributed by atoms with Gasteiger partial charge in [0.15, 0.2) is 0 Å². The van der Waals surface area contributed by atoms with Crippen molar-refractivity contribution in [2.24, 2.45) is 0 Å². The molecule has 0 bridgehead atoms. The largest absolute Gasteiger partial charge is 0.195 e. The minimum absolute atomic E-state index is 0.876. The van der Waals surface area contributed by atoms with Crippen molar-refractivity contribution in [3.8, 4) is 0 Å². The normalized spacial score (nSPS) is 10.2. The zero-order chi connectivity index (χ0) is 9.10. The Labute approximate surface area is 89.7 Å². The summed E-state index contributed by atoms with van der Waals surface area (Å²) in [5, 5.41) is 3.04. The van der Waals surface area contributed by atoms with Crippen LogP contribution in [0.5, 0.6) is 0 Å². The summed E-state index contributed by atoms with van der Waals surface area (Å²) in [5.41, 5.74) is 2.35. The molecule has 0 aliphatic rings. The number of benzene rings is 1. The standard InChI is InChI=1S/C10H7BrNS/c11-9-7-13-12-10(9)6-8-4-2-1-3-5-8/h1-5H,6H2. The molecule has 1 radical (unpaired) electrons. The van der Waals surface area contributed by atoms with Gasteiger partial charge < -0.3 is 0 Å². The van der Waals surface area contributed by atoms with E-state index in [0.717, 1.165) is 16.6 Å². The van der Waals surface area contributed by atoms with Crippen LogP contribution in [0.15, 0.2) is 34.8 Å². The lowest BCUT2D eigenvalue weighted by Crippen LogP contribution is -1.87. The van der Waals surface area contributed by atoms with E-state index in [0.29, 0.717) is 0 Å². The number of halogens is 1. The first-order chi connectivity index (χ1) is 6.36. The van der Waals surface area contributed by atoms with Gasteiger partial charge >= 0.3 is 0 Å². The molecule has 0 fully saturated rings. The van der Waals surface area contributed by atoms with Crippen LogP contribution in [0.1, 0.15) is 11.3 Å². The summed E-state index contributed by atoms with van der Waals surface area (Å²) >= 11 is 4.78. The predicted octanol–water partition coefficient (Wildman–Crippen LogP) is 3.30. The third-order valence-electron chi connectivity index (χ3n) is 1.76. The SMILES string of the molecule is Brc1[c]snc1Cc1ccccc1.